The molecule has 5 nitrogen and oxygen atoms in total. The molecule has 0 saturated carbocycles. The number of carbonyl (C=O) groups excluding carboxylic acids is 2. The van der Waals surface area contributed by atoms with Crippen LogP contribution in [0.2, 0.25) is 23.2 Å². The average molecular weight is 565 g/mol. The van der Waals surface area contributed by atoms with E-state index in [0.717, 1.165) is 11.1 Å². The summed E-state index contributed by atoms with van der Waals surface area (Å²) in [5.41, 5.74) is 4.16. The van der Waals surface area contributed by atoms with Crippen molar-refractivity contribution in [3.05, 3.63) is 93.5 Å². The molecule has 0 aromatic heterocycles. The molecular formula is C32H39ClN2O3Si. The third kappa shape index (κ3) is 6.29. The minimum Gasteiger partial charge on any atom is -0.410 e. The number of fused-ring (bicyclic) bond motifs is 1. The second-order valence-corrected chi connectivity index (χ2v) is 16.9. The molecule has 206 valence electrons. The van der Waals surface area contributed by atoms with Gasteiger partial charge in [-0.1, -0.05) is 50.6 Å². The number of amides is 2. The summed E-state index contributed by atoms with van der Waals surface area (Å²) in [6, 6.07) is 17.6. The Labute approximate surface area is 241 Å². The van der Waals surface area contributed by atoms with E-state index in [2.05, 4.69) is 39.2 Å². The Balaban J connectivity index is 1.70. The molecule has 0 bridgehead atoms. The van der Waals surface area contributed by atoms with E-state index in [4.69, 9.17) is 18.8 Å². The van der Waals surface area contributed by atoms with Crippen molar-refractivity contribution in [1.29, 1.82) is 0 Å². The lowest BCUT2D eigenvalue weighted by Crippen LogP contribution is -2.41. The molecule has 0 radical (unpaired) electrons. The first-order chi connectivity index (χ1) is 19.0. The molecule has 3 aromatic rings. The van der Waals surface area contributed by atoms with E-state index in [9.17, 15) is 9.59 Å². The molecule has 0 saturated heterocycles. The summed E-state index contributed by atoms with van der Waals surface area (Å²) in [7, 11) is -2.22. The van der Waals surface area contributed by atoms with Gasteiger partial charge in [-0.05, 0) is 98.4 Å². The number of carbonyl (C=O) groups is 2. The quantitative estimate of drug-likeness (QED) is 0.315. The molecular weight excluding hydrogens is 524 g/mol. The van der Waals surface area contributed by atoms with Gasteiger partial charge in [0.1, 0.15) is 0 Å². The van der Waals surface area contributed by atoms with Crippen LogP contribution in [-0.2, 0) is 4.43 Å². The highest BCUT2D eigenvalue weighted by atomic mass is 35.5. The Morgan fingerprint density at radius 1 is 1.03 bits per heavy atom. The second-order valence-electron chi connectivity index (χ2n) is 11.7. The molecule has 2 amide bonds. The summed E-state index contributed by atoms with van der Waals surface area (Å²) in [4.78, 5) is 28.2. The highest BCUT2D eigenvalue weighted by molar-refractivity contribution is 6.74. The van der Waals surface area contributed by atoms with Crippen LogP contribution in [0.25, 0.3) is 0 Å². The Hall–Kier alpha value is -2.93. The SMILES string of the molecule is [2H]C1([2H])CCC(O[Si](C)(C)C(C)(C)C)c2cc(Cl)ccc2N1C(=O)c1ccc(NC(=O)c2ccccc2C)cc1C. The summed E-state index contributed by atoms with van der Waals surface area (Å²) in [6.45, 7) is 12.5. The van der Waals surface area contributed by atoms with E-state index in [-0.39, 0.29) is 17.4 Å². The number of hydrogen-bond donors (Lipinski definition) is 1. The Morgan fingerprint density at radius 3 is 2.41 bits per heavy atom. The van der Waals surface area contributed by atoms with Crippen molar-refractivity contribution >= 4 is 43.1 Å². The van der Waals surface area contributed by atoms with Gasteiger partial charge in [-0.15, -0.1) is 0 Å². The van der Waals surface area contributed by atoms with E-state index in [0.29, 0.717) is 39.5 Å². The van der Waals surface area contributed by atoms with Crippen LogP contribution < -0.4 is 10.2 Å². The Morgan fingerprint density at radius 2 is 1.74 bits per heavy atom. The van der Waals surface area contributed by atoms with E-state index in [1.165, 1.54) is 4.90 Å². The van der Waals surface area contributed by atoms with Crippen molar-refractivity contribution in [2.24, 2.45) is 0 Å². The fourth-order valence-electron chi connectivity index (χ4n) is 4.50. The number of halogens is 1. The van der Waals surface area contributed by atoms with Crippen LogP contribution in [0.15, 0.2) is 60.7 Å². The normalized spacial score (nSPS) is 17.9. The number of hydrogen-bond acceptors (Lipinski definition) is 3. The van der Waals surface area contributed by atoms with Gasteiger partial charge in [0, 0.05) is 42.3 Å². The second kappa shape index (κ2) is 11.3. The zero-order chi connectivity index (χ0) is 30.3. The first-order valence-electron chi connectivity index (χ1n) is 14.3. The highest BCUT2D eigenvalue weighted by Crippen LogP contribution is 2.44. The molecule has 1 heterocycles. The molecule has 1 aliphatic heterocycles. The fourth-order valence-corrected chi connectivity index (χ4v) is 5.99. The number of anilines is 2. The number of rotatable bonds is 5. The fraction of sp³-hybridized carbons (Fsp3) is 0.375. The van der Waals surface area contributed by atoms with Crippen molar-refractivity contribution in [3.63, 3.8) is 0 Å². The molecule has 1 aliphatic rings. The topological polar surface area (TPSA) is 58.6 Å². The van der Waals surface area contributed by atoms with Crippen molar-refractivity contribution in [2.75, 3.05) is 16.7 Å². The maximum Gasteiger partial charge on any atom is 0.258 e. The van der Waals surface area contributed by atoms with Gasteiger partial charge in [0.2, 0.25) is 0 Å². The number of nitrogens with zero attached hydrogens (tertiary/aromatic N) is 1. The van der Waals surface area contributed by atoms with Gasteiger partial charge in [-0.2, -0.15) is 0 Å². The minimum absolute atomic E-state index is 0.0416. The van der Waals surface area contributed by atoms with Gasteiger partial charge in [-0.25, -0.2) is 0 Å². The average Bonchev–Trinajstić information content (AvgIpc) is 2.96. The van der Waals surface area contributed by atoms with Gasteiger partial charge in [-0.3, -0.25) is 9.59 Å². The molecule has 0 fully saturated rings. The van der Waals surface area contributed by atoms with Crippen LogP contribution in [0.5, 0.6) is 0 Å². The molecule has 4 rings (SSSR count). The molecule has 1 unspecified atom stereocenters. The zero-order valence-corrected chi connectivity index (χ0v) is 25.6. The van der Waals surface area contributed by atoms with Crippen molar-refractivity contribution in [2.45, 2.75) is 71.7 Å². The third-order valence-corrected chi connectivity index (χ3v) is 12.5. The van der Waals surface area contributed by atoms with Gasteiger partial charge in [0.25, 0.3) is 11.8 Å². The van der Waals surface area contributed by atoms with Gasteiger partial charge < -0.3 is 14.6 Å². The van der Waals surface area contributed by atoms with Gasteiger partial charge in [0.15, 0.2) is 8.32 Å². The highest BCUT2D eigenvalue weighted by Gasteiger charge is 2.40. The molecule has 3 aromatic carbocycles. The van der Waals surface area contributed by atoms with Crippen molar-refractivity contribution in [3.8, 4) is 0 Å². The Bertz CT molecular complexity index is 1490. The van der Waals surface area contributed by atoms with Gasteiger partial charge >= 0.3 is 0 Å². The van der Waals surface area contributed by atoms with Crippen LogP contribution >= 0.6 is 11.6 Å². The van der Waals surface area contributed by atoms with Crippen LogP contribution in [0.1, 0.15) is 79.9 Å². The van der Waals surface area contributed by atoms with Gasteiger partial charge in [0.05, 0.1) is 6.10 Å². The maximum atomic E-state index is 14.1. The lowest BCUT2D eigenvalue weighted by Gasteiger charge is -2.39. The summed E-state index contributed by atoms with van der Waals surface area (Å²) < 4.78 is 24.8. The number of aryl methyl sites for hydroxylation is 2. The standard InChI is InChI=1S/C32H39ClN2O3Si/c1-21-11-8-9-12-25(21)30(36)34-24-15-16-26(22(2)19-24)31(37)35-18-10-13-29(38-39(6,7)32(3,4)5)27-20-23(33)14-17-28(27)35/h8-9,11-12,14-17,19-20,29H,10,13,18H2,1-7H3,(H,34,36)/i18D2. The Kier molecular flexibility index (Phi) is 7.61. The van der Waals surface area contributed by atoms with Crippen LogP contribution in [-0.4, -0.2) is 26.6 Å². The number of nitrogens with one attached hydrogen (secondary N) is 1. The van der Waals surface area contributed by atoms with E-state index in [1.807, 2.05) is 25.1 Å². The molecule has 39 heavy (non-hydrogen) atoms. The third-order valence-electron chi connectivity index (χ3n) is 7.80. The molecule has 1 atom stereocenters. The summed E-state index contributed by atoms with van der Waals surface area (Å²) in [6.07, 6.45) is 0.130. The van der Waals surface area contributed by atoms with Crippen molar-refractivity contribution in [1.82, 2.24) is 0 Å². The first-order valence-corrected chi connectivity index (χ1v) is 16.6. The van der Waals surface area contributed by atoms with E-state index < -0.39 is 26.8 Å². The van der Waals surface area contributed by atoms with Crippen LogP contribution in [0.4, 0.5) is 11.4 Å². The first kappa shape index (κ1) is 26.3. The van der Waals surface area contributed by atoms with E-state index >= 15 is 0 Å². The predicted molar refractivity (Wildman–Crippen MR) is 164 cm³/mol. The molecule has 0 aliphatic carbocycles. The van der Waals surface area contributed by atoms with Crippen LogP contribution in [0.3, 0.4) is 0 Å². The van der Waals surface area contributed by atoms with Crippen molar-refractivity contribution < 1.29 is 16.8 Å². The zero-order valence-electron chi connectivity index (χ0n) is 25.8. The summed E-state index contributed by atoms with van der Waals surface area (Å²) in [5.74, 6) is -0.690. The monoisotopic (exact) mass is 564 g/mol. The molecule has 7 heteroatoms. The predicted octanol–water partition coefficient (Wildman–Crippen LogP) is 8.71. The molecule has 0 spiro atoms. The van der Waals surface area contributed by atoms with Crippen LogP contribution in [0, 0.1) is 13.8 Å². The summed E-state index contributed by atoms with van der Waals surface area (Å²) in [5, 5.41) is 3.37. The smallest absolute Gasteiger partial charge is 0.258 e. The maximum absolute atomic E-state index is 14.1. The largest absolute Gasteiger partial charge is 0.410 e. The summed E-state index contributed by atoms with van der Waals surface area (Å²) >= 11 is 6.43. The molecule has 1 N–H and O–H groups in total. The van der Waals surface area contributed by atoms with E-state index in [1.54, 1.807) is 49.4 Å². The lowest BCUT2D eigenvalue weighted by atomic mass is 10.0. The number of benzene rings is 3. The lowest BCUT2D eigenvalue weighted by molar-refractivity contribution is 0.0985. The minimum atomic E-state index is -2.22.